The van der Waals surface area contributed by atoms with Crippen molar-refractivity contribution < 1.29 is 9.53 Å². The number of nitriles is 1. The zero-order valence-corrected chi connectivity index (χ0v) is 18.3. The van der Waals surface area contributed by atoms with Crippen LogP contribution < -0.4 is 10.1 Å². The van der Waals surface area contributed by atoms with E-state index < -0.39 is 5.91 Å². The normalized spacial score (nSPS) is 12.0. The summed E-state index contributed by atoms with van der Waals surface area (Å²) in [5.41, 5.74) is 2.41. The highest BCUT2D eigenvalue weighted by atomic mass is 35.5. The maximum absolute atomic E-state index is 12.6. The van der Waals surface area contributed by atoms with Crippen molar-refractivity contribution in [3.05, 3.63) is 105 Å². The molecule has 1 atom stereocenters. The van der Waals surface area contributed by atoms with E-state index in [9.17, 15) is 10.1 Å². The molecule has 3 aromatic carbocycles. The molecule has 31 heavy (non-hydrogen) atoms. The number of nitrogens with zero attached hydrogens (tertiary/aromatic N) is 1. The lowest BCUT2D eigenvalue weighted by molar-refractivity contribution is -0.117. The van der Waals surface area contributed by atoms with E-state index in [1.165, 1.54) is 6.08 Å². The van der Waals surface area contributed by atoms with E-state index in [-0.39, 0.29) is 11.6 Å². The monoisotopic (exact) mass is 450 g/mol. The first-order valence-electron chi connectivity index (χ1n) is 9.61. The summed E-state index contributed by atoms with van der Waals surface area (Å²) in [5, 5.41) is 12.9. The molecule has 0 radical (unpaired) electrons. The van der Waals surface area contributed by atoms with Crippen molar-refractivity contribution >= 4 is 35.2 Å². The van der Waals surface area contributed by atoms with Gasteiger partial charge < -0.3 is 10.1 Å². The number of ether oxygens (including phenoxy) is 1. The number of benzene rings is 3. The van der Waals surface area contributed by atoms with Crippen LogP contribution in [0.5, 0.6) is 5.75 Å². The molecule has 0 aromatic heterocycles. The molecule has 0 saturated carbocycles. The molecule has 4 nitrogen and oxygen atoms in total. The first-order valence-corrected chi connectivity index (χ1v) is 10.4. The highest BCUT2D eigenvalue weighted by Gasteiger charge is 2.15. The molecule has 0 aliphatic rings. The number of halogens is 2. The minimum Gasteiger partial charge on any atom is -0.486 e. The Morgan fingerprint density at radius 2 is 1.65 bits per heavy atom. The molecule has 0 bridgehead atoms. The molecule has 6 heteroatoms. The van der Waals surface area contributed by atoms with Crippen LogP contribution in [0.1, 0.15) is 29.7 Å². The summed E-state index contributed by atoms with van der Waals surface area (Å²) in [6.07, 6.45) is 1.45. The standard InChI is InChI=1S/C25H20Cl2N2O2/c1-17(20-10-6-3-7-11-20)29-25(30)21(15-28)12-19-13-22(26)24(23(27)14-19)31-16-18-8-4-2-5-9-18/h2-14,17H,16H2,1H3,(H,29,30)/b21-12-/t17-/m0/s1. The number of carbonyl (C=O) groups excluding carboxylic acids is 1. The number of rotatable bonds is 7. The molecule has 0 saturated heterocycles. The molecule has 156 valence electrons. The number of nitrogens with one attached hydrogen (secondary N) is 1. The van der Waals surface area contributed by atoms with E-state index in [1.54, 1.807) is 12.1 Å². The molecule has 0 fully saturated rings. The van der Waals surface area contributed by atoms with Gasteiger partial charge in [0.1, 0.15) is 18.2 Å². The van der Waals surface area contributed by atoms with Gasteiger partial charge in [-0.15, -0.1) is 0 Å². The van der Waals surface area contributed by atoms with Gasteiger partial charge in [0.2, 0.25) is 0 Å². The van der Waals surface area contributed by atoms with Crippen LogP contribution in [0.15, 0.2) is 78.4 Å². The third-order valence-corrected chi connectivity index (χ3v) is 5.13. The van der Waals surface area contributed by atoms with Crippen molar-refractivity contribution in [1.82, 2.24) is 5.32 Å². The predicted octanol–water partition coefficient (Wildman–Crippen LogP) is 6.36. The first-order chi connectivity index (χ1) is 15.0. The molecule has 3 rings (SSSR count). The molecule has 0 spiro atoms. The minimum absolute atomic E-state index is 0.0483. The fourth-order valence-electron chi connectivity index (χ4n) is 2.95. The summed E-state index contributed by atoms with van der Waals surface area (Å²) < 4.78 is 5.76. The average Bonchev–Trinajstić information content (AvgIpc) is 2.78. The topological polar surface area (TPSA) is 62.1 Å². The van der Waals surface area contributed by atoms with E-state index >= 15 is 0 Å². The quantitative estimate of drug-likeness (QED) is 0.336. The van der Waals surface area contributed by atoms with Gasteiger partial charge in [-0.3, -0.25) is 4.79 Å². The van der Waals surface area contributed by atoms with Gasteiger partial charge in [-0.2, -0.15) is 5.26 Å². The third-order valence-electron chi connectivity index (χ3n) is 4.57. The Balaban J connectivity index is 1.74. The van der Waals surface area contributed by atoms with E-state index in [4.69, 9.17) is 27.9 Å². The van der Waals surface area contributed by atoms with Crippen molar-refractivity contribution in [1.29, 1.82) is 5.26 Å². The Morgan fingerprint density at radius 1 is 1.06 bits per heavy atom. The number of carbonyl (C=O) groups is 1. The molecular formula is C25H20Cl2N2O2. The summed E-state index contributed by atoms with van der Waals surface area (Å²) in [6.45, 7) is 2.17. The fraction of sp³-hybridized carbons (Fsp3) is 0.120. The Hall–Kier alpha value is -3.26. The molecule has 0 aliphatic heterocycles. The summed E-state index contributed by atoms with van der Waals surface area (Å²) in [6, 6.07) is 24.1. The second-order valence-corrected chi connectivity index (χ2v) is 7.68. The maximum Gasteiger partial charge on any atom is 0.262 e. The number of hydrogen-bond acceptors (Lipinski definition) is 3. The zero-order chi connectivity index (χ0) is 22.2. The van der Waals surface area contributed by atoms with Gasteiger partial charge in [-0.1, -0.05) is 83.9 Å². The molecule has 1 amide bonds. The van der Waals surface area contributed by atoms with E-state index in [0.29, 0.717) is 28.0 Å². The van der Waals surface area contributed by atoms with Crippen LogP contribution in [0.4, 0.5) is 0 Å². The van der Waals surface area contributed by atoms with Gasteiger partial charge in [0.15, 0.2) is 5.75 Å². The van der Waals surface area contributed by atoms with E-state index in [1.807, 2.05) is 73.7 Å². The molecule has 0 heterocycles. The largest absolute Gasteiger partial charge is 0.486 e. The molecule has 0 unspecified atom stereocenters. The van der Waals surface area contributed by atoms with Crippen molar-refractivity contribution in [2.75, 3.05) is 0 Å². The molecule has 0 aliphatic carbocycles. The van der Waals surface area contributed by atoms with Crippen molar-refractivity contribution in [3.8, 4) is 11.8 Å². The van der Waals surface area contributed by atoms with Gasteiger partial charge in [0, 0.05) is 0 Å². The Morgan fingerprint density at radius 3 is 2.23 bits per heavy atom. The van der Waals surface area contributed by atoms with Crippen LogP contribution in [0, 0.1) is 11.3 Å². The van der Waals surface area contributed by atoms with Gasteiger partial charge in [-0.05, 0) is 41.8 Å². The average molecular weight is 451 g/mol. The third kappa shape index (κ3) is 6.11. The van der Waals surface area contributed by atoms with Crippen molar-refractivity contribution in [3.63, 3.8) is 0 Å². The molecule has 1 N–H and O–H groups in total. The maximum atomic E-state index is 12.6. The number of amides is 1. The van der Waals surface area contributed by atoms with E-state index in [0.717, 1.165) is 11.1 Å². The van der Waals surface area contributed by atoms with Crippen molar-refractivity contribution in [2.45, 2.75) is 19.6 Å². The van der Waals surface area contributed by atoms with E-state index in [2.05, 4.69) is 5.32 Å². The lowest BCUT2D eigenvalue weighted by Crippen LogP contribution is -2.27. The van der Waals surface area contributed by atoms with Crippen LogP contribution in [-0.2, 0) is 11.4 Å². The van der Waals surface area contributed by atoms with Crippen LogP contribution in [0.25, 0.3) is 6.08 Å². The van der Waals surface area contributed by atoms with Gasteiger partial charge in [0.25, 0.3) is 5.91 Å². The Kier molecular flexibility index (Phi) is 7.72. The van der Waals surface area contributed by atoms with Crippen LogP contribution in [0.3, 0.4) is 0 Å². The van der Waals surface area contributed by atoms with Crippen LogP contribution in [-0.4, -0.2) is 5.91 Å². The molecule has 3 aromatic rings. The van der Waals surface area contributed by atoms with Crippen LogP contribution >= 0.6 is 23.2 Å². The Labute approximate surface area is 191 Å². The number of hydrogen-bond donors (Lipinski definition) is 1. The highest BCUT2D eigenvalue weighted by molar-refractivity contribution is 6.37. The SMILES string of the molecule is C[C@H](NC(=O)/C(C#N)=C\c1cc(Cl)c(OCc2ccccc2)c(Cl)c1)c1ccccc1. The summed E-state index contributed by atoms with van der Waals surface area (Å²) in [5.74, 6) is -0.125. The summed E-state index contributed by atoms with van der Waals surface area (Å²) >= 11 is 12.7. The lowest BCUT2D eigenvalue weighted by atomic mass is 10.1. The second kappa shape index (κ2) is 10.7. The van der Waals surface area contributed by atoms with Gasteiger partial charge in [-0.25, -0.2) is 0 Å². The molecular weight excluding hydrogens is 431 g/mol. The smallest absolute Gasteiger partial charge is 0.262 e. The summed E-state index contributed by atoms with van der Waals surface area (Å²) in [7, 11) is 0. The van der Waals surface area contributed by atoms with Crippen LogP contribution in [0.2, 0.25) is 10.0 Å². The Bertz CT molecular complexity index is 1100. The lowest BCUT2D eigenvalue weighted by Gasteiger charge is -2.14. The first kappa shape index (κ1) is 22.4. The fourth-order valence-corrected chi connectivity index (χ4v) is 3.56. The van der Waals surface area contributed by atoms with Gasteiger partial charge >= 0.3 is 0 Å². The highest BCUT2D eigenvalue weighted by Crippen LogP contribution is 2.35. The van der Waals surface area contributed by atoms with Crippen molar-refractivity contribution in [2.24, 2.45) is 0 Å². The van der Waals surface area contributed by atoms with Gasteiger partial charge in [0.05, 0.1) is 16.1 Å². The predicted molar refractivity (Wildman–Crippen MR) is 124 cm³/mol. The summed E-state index contributed by atoms with van der Waals surface area (Å²) in [4.78, 5) is 12.6. The minimum atomic E-state index is -0.476. The second-order valence-electron chi connectivity index (χ2n) is 6.86. The zero-order valence-electron chi connectivity index (χ0n) is 16.8.